The van der Waals surface area contributed by atoms with Crippen LogP contribution in [0, 0.1) is 17.6 Å². The first-order valence-corrected chi connectivity index (χ1v) is 14.6. The number of benzene rings is 2. The minimum atomic E-state index is -5.08. The molecule has 0 saturated carbocycles. The van der Waals surface area contributed by atoms with Crippen molar-refractivity contribution in [2.75, 3.05) is 32.1 Å². The van der Waals surface area contributed by atoms with E-state index in [1.807, 2.05) is 6.92 Å². The van der Waals surface area contributed by atoms with E-state index in [9.17, 15) is 36.3 Å². The van der Waals surface area contributed by atoms with E-state index in [1.165, 1.54) is 55.3 Å². The fraction of sp³-hybridized carbons (Fsp3) is 0.367. The van der Waals surface area contributed by atoms with Gasteiger partial charge in [0, 0.05) is 49.9 Å². The van der Waals surface area contributed by atoms with Crippen LogP contribution in [0.5, 0.6) is 5.75 Å². The number of amides is 3. The van der Waals surface area contributed by atoms with Crippen LogP contribution < -0.4 is 21.1 Å². The molecule has 1 aromatic heterocycles. The van der Waals surface area contributed by atoms with Crippen molar-refractivity contribution in [1.29, 1.82) is 0 Å². The molecule has 3 amide bonds. The molecular formula is C30H32ClF5N6O6. The van der Waals surface area contributed by atoms with Gasteiger partial charge in [0.2, 0.25) is 11.7 Å². The van der Waals surface area contributed by atoms with Crippen molar-refractivity contribution in [3.63, 3.8) is 0 Å². The van der Waals surface area contributed by atoms with Gasteiger partial charge in [0.1, 0.15) is 0 Å². The molecule has 1 unspecified atom stereocenters. The number of imidazole rings is 1. The maximum atomic E-state index is 14.6. The molecule has 4 rings (SSSR count). The van der Waals surface area contributed by atoms with Gasteiger partial charge in [-0.3, -0.25) is 14.4 Å². The number of hydrogen-bond acceptors (Lipinski definition) is 7. The number of carboxylic acid groups (broad SMARTS) is 1. The lowest BCUT2D eigenvalue weighted by atomic mass is 9.95. The van der Waals surface area contributed by atoms with Gasteiger partial charge >= 0.3 is 12.1 Å². The molecule has 48 heavy (non-hydrogen) atoms. The highest BCUT2D eigenvalue weighted by atomic mass is 35.5. The van der Waals surface area contributed by atoms with Crippen LogP contribution in [0.15, 0.2) is 36.5 Å². The Morgan fingerprint density at radius 3 is 2.29 bits per heavy atom. The fourth-order valence-electron chi connectivity index (χ4n) is 4.65. The molecule has 1 aliphatic rings. The number of nitrogens with two attached hydrogens (primary N) is 1. The van der Waals surface area contributed by atoms with Crippen molar-refractivity contribution in [3.05, 3.63) is 64.6 Å². The Bertz CT molecular complexity index is 1680. The summed E-state index contributed by atoms with van der Waals surface area (Å²) in [7, 11) is 2.73. The highest BCUT2D eigenvalue weighted by Gasteiger charge is 2.38. The summed E-state index contributed by atoms with van der Waals surface area (Å²) in [6.07, 6.45) is -2.77. The first kappa shape index (κ1) is 37.7. The number of carbonyl (C=O) groups excluding carboxylic acids is 3. The fourth-order valence-corrected chi connectivity index (χ4v) is 4.91. The Hall–Kier alpha value is -4.77. The zero-order chi connectivity index (χ0) is 35.9. The van der Waals surface area contributed by atoms with E-state index in [4.69, 9.17) is 32.0 Å². The van der Waals surface area contributed by atoms with Crippen LogP contribution >= 0.6 is 11.6 Å². The van der Waals surface area contributed by atoms with E-state index >= 15 is 0 Å². The van der Waals surface area contributed by atoms with E-state index in [2.05, 4.69) is 15.6 Å². The van der Waals surface area contributed by atoms with Gasteiger partial charge in [0.15, 0.2) is 17.4 Å². The number of hydrogen-bond donors (Lipinski definition) is 4. The number of alkyl halides is 3. The molecule has 0 spiro atoms. The summed E-state index contributed by atoms with van der Waals surface area (Å²) in [6.45, 7) is 3.00. The number of likely N-dealkylation sites (tertiary alicyclic amines) is 1. The van der Waals surface area contributed by atoms with Gasteiger partial charge in [0.05, 0.1) is 29.6 Å². The lowest BCUT2D eigenvalue weighted by Gasteiger charge is -2.32. The van der Waals surface area contributed by atoms with Crippen molar-refractivity contribution in [2.24, 2.45) is 18.7 Å². The standard InChI is InChI=1S/C28H31ClF2N6O4.C2HF3O2/c1-15(13-32)34-26(38)16-8-10-37(11-9-16)28(40)18-5-4-17(12-20(18)29)35-27(39)25-33-14-21(36(25)2)19-6-7-22(41-3)24(31)23(19)30;3-2(4,5)1(6)7/h4-7,12,14-16H,8-11,13,32H2,1-3H3,(H,34,38)(H,35,39);(H,6,7). The van der Waals surface area contributed by atoms with Crippen LogP contribution in [0.25, 0.3) is 11.3 Å². The summed E-state index contributed by atoms with van der Waals surface area (Å²) in [6, 6.07) is 7.01. The maximum absolute atomic E-state index is 14.6. The van der Waals surface area contributed by atoms with Gasteiger partial charge in [-0.25, -0.2) is 14.2 Å². The Morgan fingerprint density at radius 2 is 1.75 bits per heavy atom. The van der Waals surface area contributed by atoms with Crippen LogP contribution in [-0.2, 0) is 16.6 Å². The number of nitrogens with zero attached hydrogens (tertiary/aromatic N) is 3. The topological polar surface area (TPSA) is 169 Å². The van der Waals surface area contributed by atoms with Crippen molar-refractivity contribution in [3.8, 4) is 17.0 Å². The van der Waals surface area contributed by atoms with Crippen molar-refractivity contribution >= 4 is 41.0 Å². The summed E-state index contributed by atoms with van der Waals surface area (Å²) in [5.74, 6) is -6.46. The lowest BCUT2D eigenvalue weighted by molar-refractivity contribution is -0.192. The lowest BCUT2D eigenvalue weighted by Crippen LogP contribution is -2.46. The van der Waals surface area contributed by atoms with Crippen LogP contribution in [0.1, 0.15) is 40.7 Å². The van der Waals surface area contributed by atoms with Crippen LogP contribution in [0.4, 0.5) is 27.6 Å². The van der Waals surface area contributed by atoms with Gasteiger partial charge in [-0.05, 0) is 50.1 Å². The van der Waals surface area contributed by atoms with Gasteiger partial charge in [-0.2, -0.15) is 17.6 Å². The molecule has 260 valence electrons. The van der Waals surface area contributed by atoms with E-state index in [-0.39, 0.29) is 57.2 Å². The second-order valence-corrected chi connectivity index (χ2v) is 11.0. The summed E-state index contributed by atoms with van der Waals surface area (Å²) in [5, 5.41) is 12.8. The second kappa shape index (κ2) is 15.9. The molecule has 5 N–H and O–H groups in total. The molecule has 1 saturated heterocycles. The number of ether oxygens (including phenoxy) is 1. The van der Waals surface area contributed by atoms with E-state index in [0.717, 1.165) is 0 Å². The van der Waals surface area contributed by atoms with Crippen molar-refractivity contribution in [2.45, 2.75) is 32.0 Å². The number of aliphatic carboxylic acids is 1. The summed E-state index contributed by atoms with van der Waals surface area (Å²) in [5.41, 5.74) is 6.24. The summed E-state index contributed by atoms with van der Waals surface area (Å²) < 4.78 is 66.7. The van der Waals surface area contributed by atoms with Gasteiger partial charge in [0.25, 0.3) is 11.8 Å². The molecule has 2 heterocycles. The van der Waals surface area contributed by atoms with E-state index in [1.54, 1.807) is 4.90 Å². The number of aromatic nitrogens is 2. The Kier molecular flexibility index (Phi) is 12.5. The van der Waals surface area contributed by atoms with Gasteiger partial charge < -0.3 is 35.7 Å². The molecule has 0 aliphatic carbocycles. The third kappa shape index (κ3) is 8.97. The molecule has 1 atom stereocenters. The smallest absolute Gasteiger partial charge is 0.490 e. The number of halogens is 6. The van der Waals surface area contributed by atoms with E-state index in [0.29, 0.717) is 38.2 Å². The molecule has 0 radical (unpaired) electrons. The Morgan fingerprint density at radius 1 is 1.12 bits per heavy atom. The molecule has 0 bridgehead atoms. The number of nitrogens with one attached hydrogen (secondary N) is 2. The van der Waals surface area contributed by atoms with E-state index < -0.39 is 29.7 Å². The molecular weight excluding hydrogens is 671 g/mol. The number of anilines is 1. The summed E-state index contributed by atoms with van der Waals surface area (Å²) >= 11 is 6.41. The molecule has 12 nitrogen and oxygen atoms in total. The zero-order valence-corrected chi connectivity index (χ0v) is 26.6. The van der Waals surface area contributed by atoms with Crippen molar-refractivity contribution < 1.29 is 51.0 Å². The number of carbonyl (C=O) groups is 4. The van der Waals surface area contributed by atoms with Crippen molar-refractivity contribution in [1.82, 2.24) is 19.8 Å². The second-order valence-electron chi connectivity index (χ2n) is 10.6. The normalized spacial score (nSPS) is 14.0. The third-order valence-electron chi connectivity index (χ3n) is 7.33. The van der Waals surface area contributed by atoms with Crippen LogP contribution in [0.2, 0.25) is 5.02 Å². The minimum Gasteiger partial charge on any atom is -0.494 e. The largest absolute Gasteiger partial charge is 0.494 e. The van der Waals surface area contributed by atoms with Crippen LogP contribution in [-0.4, -0.2) is 82.2 Å². The zero-order valence-electron chi connectivity index (χ0n) is 25.8. The Balaban J connectivity index is 0.000000804. The number of rotatable bonds is 8. The van der Waals surface area contributed by atoms with Gasteiger partial charge in [-0.15, -0.1) is 0 Å². The predicted octanol–water partition coefficient (Wildman–Crippen LogP) is 4.23. The van der Waals surface area contributed by atoms with Gasteiger partial charge in [-0.1, -0.05) is 11.6 Å². The number of carboxylic acids is 1. The first-order valence-electron chi connectivity index (χ1n) is 14.2. The Labute approximate surface area is 276 Å². The molecule has 2 aromatic carbocycles. The highest BCUT2D eigenvalue weighted by Crippen LogP contribution is 2.30. The average molecular weight is 703 g/mol. The first-order chi connectivity index (χ1) is 22.5. The molecule has 1 fully saturated rings. The SMILES string of the molecule is COc1ccc(-c2cnc(C(=O)Nc3ccc(C(=O)N4CCC(C(=O)NC(C)CN)CC4)c(Cl)c3)n2C)c(F)c1F.O=C(O)C(F)(F)F. The quantitative estimate of drug-likeness (QED) is 0.253. The monoisotopic (exact) mass is 702 g/mol. The number of piperidine rings is 1. The molecule has 1 aliphatic heterocycles. The average Bonchev–Trinajstić information content (AvgIpc) is 3.42. The number of methoxy groups -OCH3 is 1. The predicted molar refractivity (Wildman–Crippen MR) is 163 cm³/mol. The van der Waals surface area contributed by atoms with Crippen LogP contribution in [0.3, 0.4) is 0 Å². The maximum Gasteiger partial charge on any atom is 0.490 e. The summed E-state index contributed by atoms with van der Waals surface area (Å²) in [4.78, 5) is 53.0. The molecule has 3 aromatic rings. The highest BCUT2D eigenvalue weighted by molar-refractivity contribution is 6.34. The third-order valence-corrected chi connectivity index (χ3v) is 7.64. The minimum absolute atomic E-state index is 0.0559. The molecule has 18 heteroatoms.